The van der Waals surface area contributed by atoms with Crippen LogP contribution in [0.3, 0.4) is 0 Å². The molecule has 9 heteroatoms. The lowest BCUT2D eigenvalue weighted by molar-refractivity contribution is 0.100. The summed E-state index contributed by atoms with van der Waals surface area (Å²) in [4.78, 5) is 19.7. The fourth-order valence-electron chi connectivity index (χ4n) is 3.16. The van der Waals surface area contributed by atoms with Gasteiger partial charge >= 0.3 is 0 Å². The average molecular weight is 376 g/mol. The number of nitrogens with one attached hydrogen (secondary N) is 2. The third-order valence-corrected chi connectivity index (χ3v) is 4.70. The number of aryl methyl sites for hydroxylation is 1. The molecule has 0 saturated heterocycles. The molecular formula is C18H22F2N6O. The summed E-state index contributed by atoms with van der Waals surface area (Å²) in [5, 5.41) is 5.72. The number of nitrogens with two attached hydrogens (primary N) is 2. The van der Waals surface area contributed by atoms with Gasteiger partial charge < -0.3 is 22.1 Å². The number of anilines is 3. The Morgan fingerprint density at radius 1 is 1.26 bits per heavy atom. The van der Waals surface area contributed by atoms with E-state index in [0.29, 0.717) is 0 Å². The Labute approximate surface area is 155 Å². The molecule has 2 unspecified atom stereocenters. The standard InChI is InChI=1S/C18H22F2N6O/c1-9-15(20)14(6-7-23-9)25-17-10(16(22)27)8-11(19)18(26-17)24-13-5-3-2-4-12(13)21/h6-8,12-13H,2-5,21H2,1H3,(H2,22,27)(H2,23,24,25,26). The Morgan fingerprint density at radius 3 is 2.70 bits per heavy atom. The smallest absolute Gasteiger partial charge is 0.252 e. The van der Waals surface area contributed by atoms with Crippen molar-refractivity contribution in [2.24, 2.45) is 11.5 Å². The summed E-state index contributed by atoms with van der Waals surface area (Å²) in [5.41, 5.74) is 11.5. The van der Waals surface area contributed by atoms with Crippen LogP contribution < -0.4 is 22.1 Å². The third kappa shape index (κ3) is 4.13. The van der Waals surface area contributed by atoms with Gasteiger partial charge in [0.2, 0.25) is 0 Å². The second-order valence-electron chi connectivity index (χ2n) is 6.66. The zero-order chi connectivity index (χ0) is 19.6. The lowest BCUT2D eigenvalue weighted by Crippen LogP contribution is -2.43. The Kier molecular flexibility index (Phi) is 5.50. The van der Waals surface area contributed by atoms with Crippen LogP contribution in [-0.2, 0) is 0 Å². The quantitative estimate of drug-likeness (QED) is 0.637. The maximum atomic E-state index is 14.5. The van der Waals surface area contributed by atoms with E-state index < -0.39 is 17.5 Å². The molecule has 0 radical (unpaired) electrons. The van der Waals surface area contributed by atoms with Crippen LogP contribution in [0.25, 0.3) is 0 Å². The highest BCUT2D eigenvalue weighted by atomic mass is 19.1. The number of carbonyl (C=O) groups is 1. The van der Waals surface area contributed by atoms with E-state index in [1.54, 1.807) is 0 Å². The molecule has 144 valence electrons. The normalized spacial score (nSPS) is 19.6. The average Bonchev–Trinajstić information content (AvgIpc) is 2.63. The van der Waals surface area contributed by atoms with Crippen molar-refractivity contribution in [3.05, 3.63) is 41.2 Å². The van der Waals surface area contributed by atoms with Gasteiger partial charge in [-0.3, -0.25) is 9.78 Å². The zero-order valence-electron chi connectivity index (χ0n) is 14.9. The van der Waals surface area contributed by atoms with Gasteiger partial charge in [-0.15, -0.1) is 0 Å². The number of primary amides is 1. The molecule has 1 amide bonds. The van der Waals surface area contributed by atoms with Crippen LogP contribution >= 0.6 is 0 Å². The molecular weight excluding hydrogens is 354 g/mol. The van der Waals surface area contributed by atoms with E-state index in [1.807, 2.05) is 0 Å². The Balaban J connectivity index is 1.95. The Morgan fingerprint density at radius 2 is 2.00 bits per heavy atom. The van der Waals surface area contributed by atoms with Crippen LogP contribution in [-0.4, -0.2) is 28.0 Å². The van der Waals surface area contributed by atoms with E-state index in [9.17, 15) is 13.6 Å². The summed E-state index contributed by atoms with van der Waals surface area (Å²) in [6, 6.07) is 2.13. The van der Waals surface area contributed by atoms with Gasteiger partial charge in [0.05, 0.1) is 16.9 Å². The molecule has 0 aliphatic heterocycles. The third-order valence-electron chi connectivity index (χ3n) is 4.70. The predicted molar refractivity (Wildman–Crippen MR) is 98.8 cm³/mol. The molecule has 1 aliphatic rings. The minimum absolute atomic E-state index is 0.0414. The second kappa shape index (κ2) is 7.83. The zero-order valence-corrected chi connectivity index (χ0v) is 14.9. The lowest BCUT2D eigenvalue weighted by Gasteiger charge is -2.30. The minimum Gasteiger partial charge on any atom is -0.365 e. The van der Waals surface area contributed by atoms with Gasteiger partial charge in [0.1, 0.15) is 5.82 Å². The number of amides is 1. The molecule has 1 aliphatic carbocycles. The molecule has 0 bridgehead atoms. The molecule has 2 aromatic rings. The van der Waals surface area contributed by atoms with E-state index in [-0.39, 0.29) is 40.7 Å². The van der Waals surface area contributed by atoms with E-state index in [4.69, 9.17) is 11.5 Å². The van der Waals surface area contributed by atoms with Crippen LogP contribution in [0.15, 0.2) is 18.3 Å². The largest absolute Gasteiger partial charge is 0.365 e. The summed E-state index contributed by atoms with van der Waals surface area (Å²) in [7, 11) is 0. The van der Waals surface area contributed by atoms with Gasteiger partial charge in [0.15, 0.2) is 17.5 Å². The molecule has 1 saturated carbocycles. The summed E-state index contributed by atoms with van der Waals surface area (Å²) < 4.78 is 28.7. The number of hydrogen-bond acceptors (Lipinski definition) is 6. The first-order chi connectivity index (χ1) is 12.9. The Bertz CT molecular complexity index is 860. The molecule has 2 atom stereocenters. The summed E-state index contributed by atoms with van der Waals surface area (Å²) in [6.07, 6.45) is 5.06. The fourth-order valence-corrected chi connectivity index (χ4v) is 3.16. The van der Waals surface area contributed by atoms with Gasteiger partial charge in [-0.25, -0.2) is 13.8 Å². The van der Waals surface area contributed by atoms with Gasteiger partial charge in [0, 0.05) is 18.3 Å². The van der Waals surface area contributed by atoms with Gasteiger partial charge in [-0.2, -0.15) is 0 Å². The van der Waals surface area contributed by atoms with E-state index in [2.05, 4.69) is 20.6 Å². The molecule has 27 heavy (non-hydrogen) atoms. The Hall–Kier alpha value is -2.81. The van der Waals surface area contributed by atoms with Crippen LogP contribution in [0, 0.1) is 18.6 Å². The lowest BCUT2D eigenvalue weighted by atomic mass is 9.91. The van der Waals surface area contributed by atoms with Crippen molar-refractivity contribution < 1.29 is 13.6 Å². The first kappa shape index (κ1) is 19.0. The highest BCUT2D eigenvalue weighted by Gasteiger charge is 2.24. The number of halogens is 2. The number of rotatable bonds is 5. The summed E-state index contributed by atoms with van der Waals surface area (Å²) >= 11 is 0. The molecule has 2 aromatic heterocycles. The van der Waals surface area contributed by atoms with Crippen molar-refractivity contribution in [3.8, 4) is 0 Å². The van der Waals surface area contributed by atoms with Gasteiger partial charge in [-0.1, -0.05) is 12.8 Å². The molecule has 7 nitrogen and oxygen atoms in total. The molecule has 6 N–H and O–H groups in total. The van der Waals surface area contributed by atoms with Crippen molar-refractivity contribution in [2.45, 2.75) is 44.7 Å². The monoisotopic (exact) mass is 376 g/mol. The van der Waals surface area contributed by atoms with Crippen LogP contribution in [0.5, 0.6) is 0 Å². The molecule has 0 aromatic carbocycles. The van der Waals surface area contributed by atoms with Gasteiger partial charge in [0.25, 0.3) is 5.91 Å². The fraction of sp³-hybridized carbons (Fsp3) is 0.389. The molecule has 3 rings (SSSR count). The predicted octanol–water partition coefficient (Wildman–Crippen LogP) is 2.59. The molecule has 1 fully saturated rings. The second-order valence-corrected chi connectivity index (χ2v) is 6.66. The van der Waals surface area contributed by atoms with Crippen molar-refractivity contribution in [2.75, 3.05) is 10.6 Å². The van der Waals surface area contributed by atoms with Crippen molar-refractivity contribution in [3.63, 3.8) is 0 Å². The maximum absolute atomic E-state index is 14.5. The van der Waals surface area contributed by atoms with Gasteiger partial charge in [-0.05, 0) is 31.9 Å². The first-order valence-corrected chi connectivity index (χ1v) is 8.77. The van der Waals surface area contributed by atoms with Crippen molar-refractivity contribution in [1.29, 1.82) is 0 Å². The van der Waals surface area contributed by atoms with Crippen LogP contribution in [0.4, 0.5) is 26.1 Å². The molecule has 0 spiro atoms. The number of aromatic nitrogens is 2. The van der Waals surface area contributed by atoms with Crippen LogP contribution in [0.1, 0.15) is 41.7 Å². The maximum Gasteiger partial charge on any atom is 0.252 e. The van der Waals surface area contributed by atoms with Crippen LogP contribution in [0.2, 0.25) is 0 Å². The topological polar surface area (TPSA) is 119 Å². The highest BCUT2D eigenvalue weighted by Crippen LogP contribution is 2.27. The number of nitrogens with zero attached hydrogens (tertiary/aromatic N) is 2. The van der Waals surface area contributed by atoms with Crippen molar-refractivity contribution >= 4 is 23.2 Å². The van der Waals surface area contributed by atoms with Crippen molar-refractivity contribution in [1.82, 2.24) is 9.97 Å². The number of carbonyl (C=O) groups excluding carboxylic acids is 1. The number of hydrogen-bond donors (Lipinski definition) is 4. The van der Waals surface area contributed by atoms with E-state index in [0.717, 1.165) is 31.7 Å². The first-order valence-electron chi connectivity index (χ1n) is 8.77. The van der Waals surface area contributed by atoms with E-state index in [1.165, 1.54) is 19.2 Å². The number of pyridine rings is 2. The summed E-state index contributed by atoms with van der Waals surface area (Å²) in [6.45, 7) is 1.51. The SMILES string of the molecule is Cc1nccc(Nc2nc(NC3CCCCC3N)c(F)cc2C(N)=O)c1F. The minimum atomic E-state index is -0.879. The van der Waals surface area contributed by atoms with E-state index >= 15 is 0 Å². The highest BCUT2D eigenvalue weighted by molar-refractivity contribution is 5.98. The summed E-state index contributed by atoms with van der Waals surface area (Å²) in [5.74, 6) is -2.30. The molecule has 2 heterocycles.